The van der Waals surface area contributed by atoms with Gasteiger partial charge in [-0.25, -0.2) is 0 Å². The Hall–Kier alpha value is -5.09. The van der Waals surface area contributed by atoms with E-state index < -0.39 is 0 Å². The Bertz CT molecular complexity index is 1780. The molecule has 49 heavy (non-hydrogen) atoms. The van der Waals surface area contributed by atoms with E-state index in [1.807, 2.05) is 85.3 Å². The average molecular weight is 813 g/mol. The minimum Gasteiger partial charge on any atom is -0.304 e. The van der Waals surface area contributed by atoms with Crippen molar-refractivity contribution in [2.75, 3.05) is 0 Å². The third-order valence-corrected chi connectivity index (χ3v) is 8.59. The number of nitrogens with zero attached hydrogens (tertiary/aromatic N) is 4. The topological polar surface area (TPSA) is 51.6 Å². The molecule has 1 radical (unpaired) electrons. The summed E-state index contributed by atoms with van der Waals surface area (Å²) < 4.78 is 0. The Balaban J connectivity index is 0.00000417. The van der Waals surface area contributed by atoms with Gasteiger partial charge in [0.1, 0.15) is 0 Å². The second kappa shape index (κ2) is 16.8. The van der Waals surface area contributed by atoms with Crippen molar-refractivity contribution in [1.29, 1.82) is 0 Å². The van der Waals surface area contributed by atoms with Gasteiger partial charge in [-0.2, -0.15) is 0 Å². The fourth-order valence-electron chi connectivity index (χ4n) is 5.95. The summed E-state index contributed by atoms with van der Waals surface area (Å²) in [5.41, 5.74) is 13.5. The van der Waals surface area contributed by atoms with Gasteiger partial charge in [0.15, 0.2) is 0 Å². The predicted octanol–water partition coefficient (Wildman–Crippen LogP) is 9.22. The summed E-state index contributed by atoms with van der Waals surface area (Å²) in [7, 11) is 0. The number of aryl methyl sites for hydroxylation is 6. The van der Waals surface area contributed by atoms with Gasteiger partial charge in [0.05, 0.1) is 11.4 Å². The van der Waals surface area contributed by atoms with Crippen LogP contribution in [0.3, 0.4) is 0 Å². The summed E-state index contributed by atoms with van der Waals surface area (Å²) in [5, 5.41) is 0. The van der Waals surface area contributed by atoms with Crippen molar-refractivity contribution in [3.05, 3.63) is 192 Å². The summed E-state index contributed by atoms with van der Waals surface area (Å²) >= 11 is 0. The van der Waals surface area contributed by atoms with Crippen molar-refractivity contribution in [1.82, 2.24) is 19.9 Å². The maximum atomic E-state index is 4.72. The molecular weight excluding hydrogens is 777 g/mol. The van der Waals surface area contributed by atoms with Crippen molar-refractivity contribution in [3.8, 4) is 33.9 Å². The molecule has 4 heterocycles. The number of rotatable bonds is 12. The largest absolute Gasteiger partial charge is 0.304 e. The Morgan fingerprint density at radius 1 is 0.367 bits per heavy atom. The van der Waals surface area contributed by atoms with E-state index in [0.717, 1.165) is 72.4 Å². The summed E-state index contributed by atoms with van der Waals surface area (Å²) in [5.74, 6) is 0. The molecule has 7 rings (SSSR count). The molecule has 0 saturated heterocycles. The quantitative estimate of drug-likeness (QED) is 0.116. The first kappa shape index (κ1) is 33.8. The van der Waals surface area contributed by atoms with Gasteiger partial charge < -0.3 is 9.97 Å². The fraction of sp³-hybridized carbons (Fsp3) is 0.136. The summed E-state index contributed by atoms with van der Waals surface area (Å²) in [6.07, 6.45) is 13.5. The number of hydrogen-bond acceptors (Lipinski definition) is 4. The molecule has 0 fully saturated rings. The van der Waals surface area contributed by atoms with Crippen LogP contribution in [0.25, 0.3) is 33.9 Å². The van der Waals surface area contributed by atoms with Crippen LogP contribution in [0.5, 0.6) is 0 Å². The van der Waals surface area contributed by atoms with E-state index in [1.54, 1.807) is 6.20 Å². The number of aromatic nitrogens is 4. The Morgan fingerprint density at radius 3 is 1.14 bits per heavy atom. The second-order valence-electron chi connectivity index (χ2n) is 12.1. The molecule has 0 bridgehead atoms. The summed E-state index contributed by atoms with van der Waals surface area (Å²) in [6, 6.07) is 48.4. The zero-order valence-corrected chi connectivity index (χ0v) is 29.6. The minimum atomic E-state index is 0. The van der Waals surface area contributed by atoms with Crippen molar-refractivity contribution in [2.45, 2.75) is 38.5 Å². The van der Waals surface area contributed by atoms with Crippen LogP contribution >= 0.6 is 0 Å². The first-order valence-corrected chi connectivity index (χ1v) is 16.6. The smallest absolute Gasteiger partial charge is 0.0886 e. The molecule has 0 saturated carbocycles. The van der Waals surface area contributed by atoms with E-state index in [4.69, 9.17) is 15.0 Å². The van der Waals surface area contributed by atoms with E-state index in [2.05, 4.69) is 71.7 Å². The number of hydrogen-bond donors (Lipinski definition) is 0. The zero-order valence-electron chi connectivity index (χ0n) is 27.2. The number of benzene rings is 3. The van der Waals surface area contributed by atoms with Crippen molar-refractivity contribution >= 4 is 0 Å². The number of pyridine rings is 4. The predicted molar refractivity (Wildman–Crippen MR) is 193 cm³/mol. The van der Waals surface area contributed by atoms with E-state index in [0.29, 0.717) is 0 Å². The zero-order chi connectivity index (χ0) is 32.4. The Kier molecular flexibility index (Phi) is 11.6. The van der Waals surface area contributed by atoms with Crippen LogP contribution < -0.4 is 0 Å². The first-order chi connectivity index (χ1) is 23.7. The summed E-state index contributed by atoms with van der Waals surface area (Å²) in [6.45, 7) is 0. The molecule has 0 N–H and O–H groups in total. The van der Waals surface area contributed by atoms with Crippen LogP contribution in [0.15, 0.2) is 146 Å². The van der Waals surface area contributed by atoms with E-state index >= 15 is 0 Å². The van der Waals surface area contributed by atoms with Crippen LogP contribution in [0, 0.1) is 12.1 Å². The summed E-state index contributed by atoms with van der Waals surface area (Å²) in [4.78, 5) is 18.6. The molecule has 0 unspecified atom stereocenters. The molecule has 0 spiro atoms. The van der Waals surface area contributed by atoms with Gasteiger partial charge in [0.2, 0.25) is 0 Å². The molecule has 0 aliphatic heterocycles. The molecule has 5 heteroatoms. The molecule has 3 aromatic carbocycles. The van der Waals surface area contributed by atoms with Crippen LogP contribution in [0.2, 0.25) is 0 Å². The maximum absolute atomic E-state index is 4.72. The normalized spacial score (nSPS) is 10.8. The van der Waals surface area contributed by atoms with Gasteiger partial charge in [0, 0.05) is 44.9 Å². The van der Waals surface area contributed by atoms with Crippen LogP contribution in [-0.2, 0) is 58.6 Å². The molecule has 7 aromatic rings. The van der Waals surface area contributed by atoms with Crippen LogP contribution in [0.1, 0.15) is 33.4 Å². The van der Waals surface area contributed by atoms with E-state index in [1.165, 1.54) is 33.4 Å². The molecule has 4 nitrogen and oxygen atoms in total. The minimum absolute atomic E-state index is 0. The average Bonchev–Trinajstić information content (AvgIpc) is 3.17. The Labute approximate surface area is 302 Å². The molecule has 4 aromatic heterocycles. The molecule has 0 amide bonds. The van der Waals surface area contributed by atoms with Gasteiger partial charge in [-0.1, -0.05) is 54.6 Å². The fourth-order valence-corrected chi connectivity index (χ4v) is 5.95. The van der Waals surface area contributed by atoms with E-state index in [9.17, 15) is 0 Å². The van der Waals surface area contributed by atoms with Gasteiger partial charge in [-0.3, -0.25) is 9.97 Å². The molecule has 0 aliphatic carbocycles. The molecule has 243 valence electrons. The Morgan fingerprint density at radius 2 is 0.776 bits per heavy atom. The van der Waals surface area contributed by atoms with Crippen molar-refractivity contribution < 1.29 is 20.1 Å². The monoisotopic (exact) mass is 813 g/mol. The molecule has 0 atom stereocenters. The van der Waals surface area contributed by atoms with Crippen molar-refractivity contribution in [2.24, 2.45) is 0 Å². The van der Waals surface area contributed by atoms with Crippen LogP contribution in [0.4, 0.5) is 0 Å². The third kappa shape index (κ3) is 9.29. The van der Waals surface area contributed by atoms with Gasteiger partial charge in [0.25, 0.3) is 0 Å². The van der Waals surface area contributed by atoms with Crippen molar-refractivity contribution in [3.63, 3.8) is 0 Å². The van der Waals surface area contributed by atoms with Gasteiger partial charge in [-0.05, 0) is 101 Å². The molecule has 0 aliphatic rings. The maximum Gasteiger partial charge on any atom is 0.0886 e. The standard InChI is InChI=1S/C44H36N4.Ir/c1-3-9-39(10-4-1)41-23-20-33(30-46-41)14-17-36-27-37(18-15-34-21-24-42(47-31-34)40-11-5-2-6-12-40)29-38(28-36)19-16-35-22-25-44(48-32-35)43-13-7-8-26-45-43;/h1-9,11,13,20-32H,14-19H2;/q-2;. The van der Waals surface area contributed by atoms with Crippen LogP contribution in [-0.4, -0.2) is 19.9 Å². The van der Waals surface area contributed by atoms with Gasteiger partial charge >= 0.3 is 0 Å². The second-order valence-corrected chi connectivity index (χ2v) is 12.1. The first-order valence-electron chi connectivity index (χ1n) is 16.6. The molecular formula is C44H36IrN4-2. The SMILES string of the molecule is [Ir].[c-]1ccccc1-c1ccc(CCc2cc(CCc3ccc(-c4[c-]cccc4)nc3)cc(CCc3ccc(-c4ccccn4)nc3)c2)cn1. The van der Waals surface area contributed by atoms with E-state index in [-0.39, 0.29) is 20.1 Å². The third-order valence-electron chi connectivity index (χ3n) is 8.59. The van der Waals surface area contributed by atoms with Gasteiger partial charge in [-0.15, -0.1) is 71.8 Å².